The molecular weight excluding hydrogens is 374 g/mol. The van der Waals surface area contributed by atoms with Gasteiger partial charge in [0, 0.05) is 63.4 Å². The topological polar surface area (TPSA) is 54.3 Å². The van der Waals surface area contributed by atoms with Crippen molar-refractivity contribution in [1.82, 2.24) is 24.6 Å². The van der Waals surface area contributed by atoms with E-state index in [4.69, 9.17) is 0 Å². The average molecular weight is 410 g/mol. The summed E-state index contributed by atoms with van der Waals surface area (Å²) in [5.41, 5.74) is 1.10. The zero-order chi connectivity index (χ0) is 20.6. The first-order chi connectivity index (χ1) is 14.8. The molecule has 1 atom stereocenters. The van der Waals surface area contributed by atoms with Gasteiger partial charge in [-0.25, -0.2) is 0 Å². The Kier molecular flexibility index (Phi) is 7.51. The van der Waals surface area contributed by atoms with Gasteiger partial charge >= 0.3 is 0 Å². The average Bonchev–Trinajstić information content (AvgIpc) is 3.32. The largest absolute Gasteiger partial charge is 0.338 e. The minimum absolute atomic E-state index is 0.212. The molecule has 162 valence electrons. The smallest absolute Gasteiger partial charge is 0.224 e. The van der Waals surface area contributed by atoms with Crippen molar-refractivity contribution in [2.75, 3.05) is 19.6 Å². The fraction of sp³-hybridized carbons (Fsp3) is 0.625. The summed E-state index contributed by atoms with van der Waals surface area (Å²) in [6.45, 7) is 4.49. The van der Waals surface area contributed by atoms with Crippen molar-refractivity contribution in [3.05, 3.63) is 48.5 Å². The van der Waals surface area contributed by atoms with E-state index in [-0.39, 0.29) is 5.91 Å². The van der Waals surface area contributed by atoms with Crippen molar-refractivity contribution in [2.24, 2.45) is 5.92 Å². The Hall–Kier alpha value is -2.21. The van der Waals surface area contributed by atoms with Crippen LogP contribution >= 0.6 is 0 Å². The van der Waals surface area contributed by atoms with Gasteiger partial charge in [-0.1, -0.05) is 25.3 Å². The van der Waals surface area contributed by atoms with Crippen molar-refractivity contribution in [3.63, 3.8) is 0 Å². The van der Waals surface area contributed by atoms with Crippen LogP contribution in [0.3, 0.4) is 0 Å². The molecule has 1 amide bonds. The Morgan fingerprint density at radius 2 is 2.00 bits per heavy atom. The Morgan fingerprint density at radius 1 is 1.10 bits per heavy atom. The van der Waals surface area contributed by atoms with E-state index in [1.165, 1.54) is 51.5 Å². The van der Waals surface area contributed by atoms with Crippen LogP contribution in [0.2, 0.25) is 0 Å². The summed E-state index contributed by atoms with van der Waals surface area (Å²) in [5, 5.41) is 4.24. The maximum Gasteiger partial charge on any atom is 0.224 e. The van der Waals surface area contributed by atoms with Crippen LogP contribution in [0.15, 0.2) is 43.0 Å². The quantitative estimate of drug-likeness (QED) is 0.666. The van der Waals surface area contributed by atoms with E-state index in [0.29, 0.717) is 25.4 Å². The van der Waals surface area contributed by atoms with Crippen LogP contribution in [0, 0.1) is 5.92 Å². The van der Waals surface area contributed by atoms with Crippen molar-refractivity contribution in [3.8, 4) is 0 Å². The first kappa shape index (κ1) is 21.0. The number of piperidine rings is 1. The molecule has 0 radical (unpaired) electrons. The highest BCUT2D eigenvalue weighted by atomic mass is 16.2. The zero-order valence-electron chi connectivity index (χ0n) is 18.0. The molecule has 6 nitrogen and oxygen atoms in total. The molecule has 2 fully saturated rings. The Labute approximate surface area is 180 Å². The van der Waals surface area contributed by atoms with E-state index >= 15 is 0 Å². The summed E-state index contributed by atoms with van der Waals surface area (Å²) in [5.74, 6) is 0.773. The predicted octanol–water partition coefficient (Wildman–Crippen LogP) is 3.74. The summed E-state index contributed by atoms with van der Waals surface area (Å²) in [6, 6.07) is 6.69. The molecule has 0 N–H and O–H groups in total. The molecule has 2 aliphatic rings. The highest BCUT2D eigenvalue weighted by Crippen LogP contribution is 2.27. The van der Waals surface area contributed by atoms with Crippen LogP contribution < -0.4 is 0 Å². The first-order valence-electron chi connectivity index (χ1n) is 11.7. The van der Waals surface area contributed by atoms with Crippen molar-refractivity contribution >= 4 is 5.91 Å². The highest BCUT2D eigenvalue weighted by molar-refractivity contribution is 5.76. The summed E-state index contributed by atoms with van der Waals surface area (Å²) in [4.78, 5) is 22.2. The summed E-state index contributed by atoms with van der Waals surface area (Å²) < 4.78 is 1.84. The molecule has 2 aromatic heterocycles. The molecule has 1 aliphatic carbocycles. The third-order valence-corrected chi connectivity index (χ3v) is 6.68. The highest BCUT2D eigenvalue weighted by Gasteiger charge is 2.29. The van der Waals surface area contributed by atoms with Crippen LogP contribution in [-0.4, -0.2) is 56.1 Å². The number of nitrogens with zero attached hydrogens (tertiary/aromatic N) is 5. The number of carbonyl (C=O) groups is 1. The van der Waals surface area contributed by atoms with Gasteiger partial charge in [-0.3, -0.25) is 14.5 Å². The number of aryl methyl sites for hydroxylation is 1. The number of aromatic nitrogens is 3. The van der Waals surface area contributed by atoms with Crippen LogP contribution in [0.4, 0.5) is 0 Å². The number of carbonyl (C=O) groups excluding carboxylic acids is 1. The van der Waals surface area contributed by atoms with Gasteiger partial charge < -0.3 is 9.80 Å². The maximum absolute atomic E-state index is 13.2. The molecule has 0 spiro atoms. The molecule has 6 heteroatoms. The van der Waals surface area contributed by atoms with E-state index in [1.807, 2.05) is 29.2 Å². The molecule has 2 aromatic rings. The molecule has 4 rings (SSSR count). The maximum atomic E-state index is 13.2. The van der Waals surface area contributed by atoms with Gasteiger partial charge in [0.2, 0.25) is 5.91 Å². The third kappa shape index (κ3) is 5.91. The van der Waals surface area contributed by atoms with Crippen LogP contribution in [0.1, 0.15) is 56.9 Å². The molecule has 0 bridgehead atoms. The van der Waals surface area contributed by atoms with Gasteiger partial charge in [0.1, 0.15) is 0 Å². The van der Waals surface area contributed by atoms with Gasteiger partial charge in [-0.2, -0.15) is 5.10 Å². The van der Waals surface area contributed by atoms with E-state index < -0.39 is 0 Å². The van der Waals surface area contributed by atoms with Gasteiger partial charge in [0.25, 0.3) is 0 Å². The standard InChI is InChI=1S/C24H35N5O/c30-24(11-16-29-15-6-13-26-29)28(18-21-7-4-12-25-17-21)20-22-8-5-14-27(19-22)23-9-2-1-3-10-23/h4,6-7,12-13,15,17,22-23H,1-3,5,8-11,14,16,18-20H2. The Morgan fingerprint density at radius 3 is 2.77 bits per heavy atom. The predicted molar refractivity (Wildman–Crippen MR) is 118 cm³/mol. The van der Waals surface area contributed by atoms with Crippen molar-refractivity contribution in [2.45, 2.75) is 70.5 Å². The molecule has 1 unspecified atom stereocenters. The van der Waals surface area contributed by atoms with Gasteiger partial charge in [0.05, 0.1) is 0 Å². The Balaban J connectivity index is 1.38. The number of rotatable bonds is 8. The lowest BCUT2D eigenvalue weighted by molar-refractivity contribution is -0.133. The van der Waals surface area contributed by atoms with Crippen LogP contribution in [-0.2, 0) is 17.9 Å². The molecule has 1 saturated carbocycles. The number of hydrogen-bond acceptors (Lipinski definition) is 4. The second-order valence-corrected chi connectivity index (χ2v) is 8.95. The summed E-state index contributed by atoms with van der Waals surface area (Å²) in [7, 11) is 0. The molecular formula is C24H35N5O. The van der Waals surface area contributed by atoms with E-state index in [2.05, 4.69) is 25.9 Å². The third-order valence-electron chi connectivity index (χ3n) is 6.68. The summed E-state index contributed by atoms with van der Waals surface area (Å²) >= 11 is 0. The number of likely N-dealkylation sites (tertiary alicyclic amines) is 1. The fourth-order valence-electron chi connectivity index (χ4n) is 5.10. The summed E-state index contributed by atoms with van der Waals surface area (Å²) in [6.07, 6.45) is 17.2. The number of pyridine rings is 1. The second-order valence-electron chi connectivity index (χ2n) is 8.95. The van der Waals surface area contributed by atoms with E-state index in [9.17, 15) is 4.79 Å². The number of amides is 1. The van der Waals surface area contributed by atoms with Gasteiger partial charge in [0.15, 0.2) is 0 Å². The first-order valence-corrected chi connectivity index (χ1v) is 11.7. The molecule has 0 aromatic carbocycles. The molecule has 30 heavy (non-hydrogen) atoms. The minimum Gasteiger partial charge on any atom is -0.338 e. The van der Waals surface area contributed by atoms with Gasteiger partial charge in [-0.15, -0.1) is 0 Å². The minimum atomic E-state index is 0.212. The lowest BCUT2D eigenvalue weighted by Gasteiger charge is -2.41. The van der Waals surface area contributed by atoms with Gasteiger partial charge in [-0.05, 0) is 55.8 Å². The van der Waals surface area contributed by atoms with E-state index in [0.717, 1.165) is 24.7 Å². The SMILES string of the molecule is O=C(CCn1cccn1)N(Cc1cccnc1)CC1CCCN(C2CCCCC2)C1. The molecule has 1 saturated heterocycles. The van der Waals surface area contributed by atoms with Crippen molar-refractivity contribution < 1.29 is 4.79 Å². The Bertz CT molecular complexity index is 757. The lowest BCUT2D eigenvalue weighted by atomic mass is 9.90. The monoisotopic (exact) mass is 409 g/mol. The van der Waals surface area contributed by atoms with Crippen LogP contribution in [0.5, 0.6) is 0 Å². The number of hydrogen-bond donors (Lipinski definition) is 0. The molecule has 1 aliphatic heterocycles. The molecule has 3 heterocycles. The normalized spacial score (nSPS) is 20.9. The second kappa shape index (κ2) is 10.7. The lowest BCUT2D eigenvalue weighted by Crippen LogP contribution is -2.47. The fourth-order valence-corrected chi connectivity index (χ4v) is 5.10. The van der Waals surface area contributed by atoms with Crippen molar-refractivity contribution in [1.29, 1.82) is 0 Å². The van der Waals surface area contributed by atoms with Crippen LogP contribution in [0.25, 0.3) is 0 Å². The van der Waals surface area contributed by atoms with E-state index in [1.54, 1.807) is 12.4 Å². The zero-order valence-corrected chi connectivity index (χ0v) is 18.0.